The molecule has 3 rings (SSSR count). The molecule has 2 heterocycles. The predicted molar refractivity (Wildman–Crippen MR) is 104 cm³/mol. The van der Waals surface area contributed by atoms with Crippen molar-refractivity contribution in [3.05, 3.63) is 24.3 Å². The first-order chi connectivity index (χ1) is 12.4. The molecule has 0 spiro atoms. The molecule has 0 saturated carbocycles. The van der Waals surface area contributed by atoms with Crippen LogP contribution in [0.4, 0.5) is 11.4 Å². The molecule has 2 fully saturated rings. The number of hydrogen-bond donors (Lipinski definition) is 1. The van der Waals surface area contributed by atoms with Gasteiger partial charge in [0.1, 0.15) is 0 Å². The second-order valence-electron chi connectivity index (χ2n) is 7.06. The van der Waals surface area contributed by atoms with E-state index in [0.717, 1.165) is 44.7 Å². The number of carbonyl (C=O) groups excluding carboxylic acids is 1. The van der Waals surface area contributed by atoms with E-state index in [4.69, 9.17) is 0 Å². The maximum absolute atomic E-state index is 12.2. The molecule has 7 nitrogen and oxygen atoms in total. The maximum atomic E-state index is 12.2. The fourth-order valence-electron chi connectivity index (χ4n) is 3.36. The van der Waals surface area contributed by atoms with Crippen LogP contribution in [-0.2, 0) is 14.8 Å². The lowest BCUT2D eigenvalue weighted by molar-refractivity contribution is -0.115. The highest BCUT2D eigenvalue weighted by molar-refractivity contribution is 7.89. The molecule has 0 radical (unpaired) electrons. The second-order valence-corrected chi connectivity index (χ2v) is 9.15. The predicted octanol–water partition coefficient (Wildman–Crippen LogP) is 1.19. The Hall–Kier alpha value is -1.64. The zero-order valence-corrected chi connectivity index (χ0v) is 16.2. The first-order valence-electron chi connectivity index (χ1n) is 9.25. The van der Waals surface area contributed by atoms with E-state index in [1.807, 2.05) is 24.3 Å². The molecule has 144 valence electrons. The number of anilines is 2. The molecule has 1 aromatic rings. The van der Waals surface area contributed by atoms with Gasteiger partial charge in [0.15, 0.2) is 0 Å². The van der Waals surface area contributed by atoms with Crippen molar-refractivity contribution in [3.63, 3.8) is 0 Å². The molecule has 1 amide bonds. The summed E-state index contributed by atoms with van der Waals surface area (Å²) in [5.74, 6) is -0.391. The van der Waals surface area contributed by atoms with Gasteiger partial charge >= 0.3 is 0 Å². The number of likely N-dealkylation sites (N-methyl/N-ethyl adjacent to an activating group) is 1. The fraction of sp³-hybridized carbons (Fsp3) is 0.611. The first-order valence-corrected chi connectivity index (χ1v) is 10.9. The van der Waals surface area contributed by atoms with E-state index in [1.165, 1.54) is 4.31 Å². The van der Waals surface area contributed by atoms with E-state index in [1.54, 1.807) is 0 Å². The Morgan fingerprint density at radius 1 is 1.00 bits per heavy atom. The number of carbonyl (C=O) groups is 1. The van der Waals surface area contributed by atoms with Crippen molar-refractivity contribution in [2.45, 2.75) is 19.3 Å². The number of rotatable bonds is 6. The lowest BCUT2D eigenvalue weighted by atomic mass is 10.2. The SMILES string of the molecule is CN1CCN(c2ccc(NC(=O)CCS(=O)(=O)N3CCCC3)cc2)CC1. The number of benzene rings is 1. The minimum atomic E-state index is -3.31. The third-order valence-corrected chi connectivity index (χ3v) is 6.94. The van der Waals surface area contributed by atoms with Crippen LogP contribution in [0.3, 0.4) is 0 Å². The summed E-state index contributed by atoms with van der Waals surface area (Å²) in [5, 5.41) is 2.79. The molecular weight excluding hydrogens is 352 g/mol. The summed E-state index contributed by atoms with van der Waals surface area (Å²) in [7, 11) is -1.19. The van der Waals surface area contributed by atoms with Crippen molar-refractivity contribution < 1.29 is 13.2 Å². The van der Waals surface area contributed by atoms with Gasteiger partial charge < -0.3 is 15.1 Å². The molecular formula is C18H28N4O3S. The van der Waals surface area contributed by atoms with Crippen LogP contribution in [0.25, 0.3) is 0 Å². The number of amides is 1. The van der Waals surface area contributed by atoms with Crippen molar-refractivity contribution in [1.82, 2.24) is 9.21 Å². The van der Waals surface area contributed by atoms with E-state index < -0.39 is 10.0 Å². The molecule has 0 aromatic heterocycles. The Morgan fingerprint density at radius 3 is 2.23 bits per heavy atom. The standard InChI is InChI=1S/C18H28N4O3S/c1-20-11-13-21(14-12-20)17-6-4-16(5-7-17)19-18(23)8-15-26(24,25)22-9-2-3-10-22/h4-7H,2-3,8-15H2,1H3,(H,19,23). The summed E-state index contributed by atoms with van der Waals surface area (Å²) < 4.78 is 25.8. The topological polar surface area (TPSA) is 73.0 Å². The minimum absolute atomic E-state index is 0.0148. The van der Waals surface area contributed by atoms with Crippen molar-refractivity contribution in [3.8, 4) is 0 Å². The van der Waals surface area contributed by atoms with Crippen LogP contribution in [0, 0.1) is 0 Å². The van der Waals surface area contributed by atoms with E-state index in [-0.39, 0.29) is 18.1 Å². The normalized spacial score (nSPS) is 19.7. The largest absolute Gasteiger partial charge is 0.369 e. The average Bonchev–Trinajstić information content (AvgIpc) is 3.17. The summed E-state index contributed by atoms with van der Waals surface area (Å²) >= 11 is 0. The molecule has 0 atom stereocenters. The molecule has 0 aliphatic carbocycles. The highest BCUT2D eigenvalue weighted by atomic mass is 32.2. The highest BCUT2D eigenvalue weighted by Crippen LogP contribution is 2.20. The van der Waals surface area contributed by atoms with Crippen LogP contribution >= 0.6 is 0 Å². The van der Waals surface area contributed by atoms with E-state index in [0.29, 0.717) is 18.8 Å². The molecule has 2 aliphatic heterocycles. The van der Waals surface area contributed by atoms with Crippen LogP contribution in [0.2, 0.25) is 0 Å². The highest BCUT2D eigenvalue weighted by Gasteiger charge is 2.25. The number of hydrogen-bond acceptors (Lipinski definition) is 5. The molecule has 8 heteroatoms. The van der Waals surface area contributed by atoms with Gasteiger partial charge in [0.2, 0.25) is 15.9 Å². The van der Waals surface area contributed by atoms with Crippen LogP contribution < -0.4 is 10.2 Å². The molecule has 26 heavy (non-hydrogen) atoms. The number of nitrogens with one attached hydrogen (secondary N) is 1. The quantitative estimate of drug-likeness (QED) is 0.803. The second kappa shape index (κ2) is 8.37. The van der Waals surface area contributed by atoms with Gasteiger partial charge in [0.25, 0.3) is 0 Å². The minimum Gasteiger partial charge on any atom is -0.369 e. The maximum Gasteiger partial charge on any atom is 0.225 e. The van der Waals surface area contributed by atoms with E-state index in [2.05, 4.69) is 22.2 Å². The van der Waals surface area contributed by atoms with Gasteiger partial charge in [-0.25, -0.2) is 12.7 Å². The average molecular weight is 381 g/mol. The number of nitrogens with zero attached hydrogens (tertiary/aromatic N) is 3. The first kappa shape index (κ1) is 19.1. The van der Waals surface area contributed by atoms with Crippen LogP contribution in [0.1, 0.15) is 19.3 Å². The molecule has 2 saturated heterocycles. The van der Waals surface area contributed by atoms with Crippen molar-refractivity contribution in [2.24, 2.45) is 0 Å². The molecule has 1 aromatic carbocycles. The smallest absolute Gasteiger partial charge is 0.225 e. The third-order valence-electron chi connectivity index (χ3n) is 5.06. The Bertz CT molecular complexity index is 706. The van der Waals surface area contributed by atoms with Gasteiger partial charge in [-0.3, -0.25) is 4.79 Å². The summed E-state index contributed by atoms with van der Waals surface area (Å²) in [6, 6.07) is 7.75. The fourth-order valence-corrected chi connectivity index (χ4v) is 4.88. The zero-order valence-electron chi connectivity index (χ0n) is 15.4. The Labute approximate surface area is 156 Å². The van der Waals surface area contributed by atoms with Gasteiger partial charge in [-0.2, -0.15) is 0 Å². The van der Waals surface area contributed by atoms with Crippen LogP contribution in [-0.4, -0.2) is 75.6 Å². The van der Waals surface area contributed by atoms with Crippen LogP contribution in [0.5, 0.6) is 0 Å². The lowest BCUT2D eigenvalue weighted by Gasteiger charge is -2.34. The van der Waals surface area contributed by atoms with Crippen molar-refractivity contribution >= 4 is 27.3 Å². The van der Waals surface area contributed by atoms with Gasteiger partial charge in [-0.15, -0.1) is 0 Å². The van der Waals surface area contributed by atoms with Crippen molar-refractivity contribution in [2.75, 3.05) is 62.3 Å². The van der Waals surface area contributed by atoms with Gasteiger partial charge in [-0.1, -0.05) is 0 Å². The summed E-state index contributed by atoms with van der Waals surface area (Å²) in [6.07, 6.45) is 1.80. The summed E-state index contributed by atoms with van der Waals surface area (Å²) in [4.78, 5) is 16.7. The molecule has 2 aliphatic rings. The Kier molecular flexibility index (Phi) is 6.16. The monoisotopic (exact) mass is 380 g/mol. The van der Waals surface area contributed by atoms with E-state index in [9.17, 15) is 13.2 Å². The van der Waals surface area contributed by atoms with Gasteiger partial charge in [-0.05, 0) is 44.2 Å². The molecule has 1 N–H and O–H groups in total. The van der Waals surface area contributed by atoms with Crippen LogP contribution in [0.15, 0.2) is 24.3 Å². The molecule has 0 unspecified atom stereocenters. The number of sulfonamides is 1. The van der Waals surface area contributed by atoms with E-state index >= 15 is 0 Å². The summed E-state index contributed by atoms with van der Waals surface area (Å²) in [5.41, 5.74) is 1.85. The number of piperazine rings is 1. The third kappa shape index (κ3) is 4.96. The summed E-state index contributed by atoms with van der Waals surface area (Å²) in [6.45, 7) is 5.25. The Morgan fingerprint density at radius 2 is 1.62 bits per heavy atom. The van der Waals surface area contributed by atoms with Gasteiger partial charge in [0, 0.05) is 57.1 Å². The Balaban J connectivity index is 1.48. The van der Waals surface area contributed by atoms with Gasteiger partial charge in [0.05, 0.1) is 5.75 Å². The lowest BCUT2D eigenvalue weighted by Crippen LogP contribution is -2.44. The van der Waals surface area contributed by atoms with Crippen molar-refractivity contribution in [1.29, 1.82) is 0 Å². The molecule has 0 bridgehead atoms. The zero-order chi connectivity index (χ0) is 18.6.